The average molecular weight is 307 g/mol. The van der Waals surface area contributed by atoms with Crippen molar-refractivity contribution in [3.63, 3.8) is 0 Å². The van der Waals surface area contributed by atoms with Crippen LogP contribution in [0.15, 0.2) is 48.5 Å². The summed E-state index contributed by atoms with van der Waals surface area (Å²) >= 11 is 5.71. The van der Waals surface area contributed by atoms with Gasteiger partial charge in [0.15, 0.2) is 0 Å². The van der Waals surface area contributed by atoms with Gasteiger partial charge in [0.2, 0.25) is 0 Å². The van der Waals surface area contributed by atoms with Gasteiger partial charge in [-0.3, -0.25) is 0 Å². The van der Waals surface area contributed by atoms with Crippen LogP contribution in [0.25, 0.3) is 0 Å². The van der Waals surface area contributed by atoms with Crippen molar-refractivity contribution in [3.8, 4) is 5.75 Å². The summed E-state index contributed by atoms with van der Waals surface area (Å²) in [7, 11) is 1.69. The van der Waals surface area contributed by atoms with Gasteiger partial charge in [0.25, 0.3) is 0 Å². The van der Waals surface area contributed by atoms with E-state index in [0.717, 1.165) is 16.3 Å². The first kappa shape index (κ1) is 19.5. The molecule has 0 saturated carbocycles. The molecule has 2 rings (SSSR count). The molecule has 0 aliphatic heterocycles. The Balaban J connectivity index is 0.000000354. The summed E-state index contributed by atoms with van der Waals surface area (Å²) in [5.74, 6) is 1.52. The van der Waals surface area contributed by atoms with Gasteiger partial charge in [0.05, 0.1) is 7.11 Å². The lowest BCUT2D eigenvalue weighted by molar-refractivity contribution is 0.414. The van der Waals surface area contributed by atoms with Gasteiger partial charge in [-0.15, -0.1) is 0 Å². The van der Waals surface area contributed by atoms with Gasteiger partial charge in [-0.2, -0.15) is 0 Å². The molecule has 0 aliphatic carbocycles. The smallest absolute Gasteiger partial charge is 0.119 e. The molecule has 0 bridgehead atoms. The highest BCUT2D eigenvalue weighted by Gasteiger charge is 1.98. The fourth-order valence-corrected chi connectivity index (χ4v) is 1.69. The Hall–Kier alpha value is -1.47. The Kier molecular flexibility index (Phi) is 10.4. The van der Waals surface area contributed by atoms with Gasteiger partial charge in [-0.25, -0.2) is 0 Å². The number of methoxy groups -OCH3 is 1. The highest BCUT2D eigenvalue weighted by Crippen LogP contribution is 2.19. The van der Waals surface area contributed by atoms with Crippen LogP contribution in [0.3, 0.4) is 0 Å². The van der Waals surface area contributed by atoms with E-state index >= 15 is 0 Å². The standard InChI is InChI=1S/C10H14O.C7H7Cl.C2H6/c1-8(2)9-5-4-6-10(7-9)11-3;1-6-4-2-3-5-7(6)8;1-2/h4-8H,1-3H3;2-5H,1H3;1-2H3. The summed E-state index contributed by atoms with van der Waals surface area (Å²) in [4.78, 5) is 0. The highest BCUT2D eigenvalue weighted by atomic mass is 35.5. The second-order valence-electron chi connectivity index (χ2n) is 4.68. The Morgan fingerprint density at radius 1 is 0.952 bits per heavy atom. The Morgan fingerprint density at radius 3 is 2.00 bits per heavy atom. The first-order chi connectivity index (χ1) is 10.0. The highest BCUT2D eigenvalue weighted by molar-refractivity contribution is 6.31. The zero-order chi connectivity index (χ0) is 16.3. The van der Waals surface area contributed by atoms with E-state index in [2.05, 4.69) is 26.0 Å². The van der Waals surface area contributed by atoms with Crippen LogP contribution in [-0.2, 0) is 0 Å². The van der Waals surface area contributed by atoms with Crippen LogP contribution in [0, 0.1) is 6.92 Å². The third kappa shape index (κ3) is 7.77. The lowest BCUT2D eigenvalue weighted by Crippen LogP contribution is -1.88. The fraction of sp³-hybridized carbons (Fsp3) is 0.368. The van der Waals surface area contributed by atoms with E-state index in [1.54, 1.807) is 7.11 Å². The topological polar surface area (TPSA) is 9.23 Å². The van der Waals surface area contributed by atoms with Crippen LogP contribution in [0.5, 0.6) is 5.75 Å². The molecular formula is C19H27ClO. The molecule has 21 heavy (non-hydrogen) atoms. The van der Waals surface area contributed by atoms with E-state index < -0.39 is 0 Å². The third-order valence-corrected chi connectivity index (χ3v) is 3.26. The van der Waals surface area contributed by atoms with Crippen molar-refractivity contribution in [2.24, 2.45) is 0 Å². The molecule has 2 aromatic carbocycles. The predicted octanol–water partition coefficient (Wildman–Crippen LogP) is 6.49. The van der Waals surface area contributed by atoms with E-state index in [-0.39, 0.29) is 0 Å². The lowest BCUT2D eigenvalue weighted by atomic mass is 10.0. The normalized spacial score (nSPS) is 9.14. The van der Waals surface area contributed by atoms with Crippen LogP contribution < -0.4 is 4.74 Å². The molecule has 0 amide bonds. The molecule has 0 aromatic heterocycles. The molecule has 0 radical (unpaired) electrons. The van der Waals surface area contributed by atoms with Crippen LogP contribution in [0.4, 0.5) is 0 Å². The number of hydrogen-bond acceptors (Lipinski definition) is 1. The molecule has 0 saturated heterocycles. The first-order valence-electron chi connectivity index (χ1n) is 7.39. The quantitative estimate of drug-likeness (QED) is 0.616. The molecule has 0 aliphatic rings. The van der Waals surface area contributed by atoms with Crippen LogP contribution in [-0.4, -0.2) is 7.11 Å². The fourth-order valence-electron chi connectivity index (χ4n) is 1.55. The number of halogens is 1. The SMILES string of the molecule is CC.COc1cccc(C(C)C)c1.Cc1ccccc1Cl. The van der Waals surface area contributed by atoms with Crippen molar-refractivity contribution in [2.75, 3.05) is 7.11 Å². The number of ether oxygens (including phenoxy) is 1. The van der Waals surface area contributed by atoms with Crippen LogP contribution in [0.2, 0.25) is 5.02 Å². The Bertz CT molecular complexity index is 485. The molecule has 0 fully saturated rings. The molecule has 0 atom stereocenters. The maximum absolute atomic E-state index is 5.71. The van der Waals surface area contributed by atoms with Crippen molar-refractivity contribution >= 4 is 11.6 Å². The van der Waals surface area contributed by atoms with Gasteiger partial charge >= 0.3 is 0 Å². The lowest BCUT2D eigenvalue weighted by Gasteiger charge is -2.06. The summed E-state index contributed by atoms with van der Waals surface area (Å²) in [6.45, 7) is 10.3. The largest absolute Gasteiger partial charge is 0.497 e. The van der Waals surface area contributed by atoms with Gasteiger partial charge in [-0.05, 0) is 42.2 Å². The molecule has 0 unspecified atom stereocenters. The molecule has 0 spiro atoms. The number of hydrogen-bond donors (Lipinski definition) is 0. The van der Waals surface area contributed by atoms with E-state index in [1.807, 2.05) is 57.2 Å². The van der Waals surface area contributed by atoms with Crippen molar-refractivity contribution in [1.29, 1.82) is 0 Å². The number of aryl methyl sites for hydroxylation is 1. The Labute approximate surface area is 134 Å². The minimum Gasteiger partial charge on any atom is -0.497 e. The van der Waals surface area contributed by atoms with Crippen molar-refractivity contribution in [2.45, 2.75) is 40.5 Å². The molecule has 1 nitrogen and oxygen atoms in total. The monoisotopic (exact) mass is 306 g/mol. The van der Waals surface area contributed by atoms with Gasteiger partial charge in [0, 0.05) is 5.02 Å². The van der Waals surface area contributed by atoms with Gasteiger partial charge < -0.3 is 4.74 Å². The zero-order valence-electron chi connectivity index (χ0n) is 14.0. The molecule has 2 heteroatoms. The average Bonchev–Trinajstić information content (AvgIpc) is 2.53. The summed E-state index contributed by atoms with van der Waals surface area (Å²) in [6.07, 6.45) is 0. The van der Waals surface area contributed by atoms with Crippen molar-refractivity contribution < 1.29 is 4.74 Å². The maximum Gasteiger partial charge on any atom is 0.119 e. The van der Waals surface area contributed by atoms with Crippen molar-refractivity contribution in [3.05, 3.63) is 64.7 Å². The number of benzene rings is 2. The summed E-state index contributed by atoms with van der Waals surface area (Å²) in [5, 5.41) is 0.840. The number of rotatable bonds is 2. The summed E-state index contributed by atoms with van der Waals surface area (Å²) < 4.78 is 5.11. The van der Waals surface area contributed by atoms with Crippen LogP contribution in [0.1, 0.15) is 44.7 Å². The molecule has 116 valence electrons. The van der Waals surface area contributed by atoms with E-state index in [9.17, 15) is 0 Å². The van der Waals surface area contributed by atoms with Gasteiger partial charge in [0.1, 0.15) is 5.75 Å². The summed E-state index contributed by atoms with van der Waals surface area (Å²) in [5.41, 5.74) is 2.46. The molecule has 2 aromatic rings. The minimum absolute atomic E-state index is 0.574. The van der Waals surface area contributed by atoms with E-state index in [1.165, 1.54) is 5.56 Å². The van der Waals surface area contributed by atoms with E-state index in [0.29, 0.717) is 5.92 Å². The Morgan fingerprint density at radius 2 is 1.57 bits per heavy atom. The third-order valence-electron chi connectivity index (χ3n) is 2.84. The molecule has 0 heterocycles. The minimum atomic E-state index is 0.574. The van der Waals surface area contributed by atoms with Gasteiger partial charge in [-0.1, -0.05) is 69.6 Å². The second-order valence-corrected chi connectivity index (χ2v) is 5.09. The second kappa shape index (κ2) is 11.2. The van der Waals surface area contributed by atoms with E-state index in [4.69, 9.17) is 16.3 Å². The predicted molar refractivity (Wildman–Crippen MR) is 94.6 cm³/mol. The maximum atomic E-state index is 5.71. The zero-order valence-corrected chi connectivity index (χ0v) is 14.7. The molecular weight excluding hydrogens is 280 g/mol. The molecule has 0 N–H and O–H groups in total. The van der Waals surface area contributed by atoms with Crippen molar-refractivity contribution in [1.82, 2.24) is 0 Å². The summed E-state index contributed by atoms with van der Waals surface area (Å²) in [6, 6.07) is 16.0. The first-order valence-corrected chi connectivity index (χ1v) is 7.77. The van der Waals surface area contributed by atoms with Crippen LogP contribution >= 0.6 is 11.6 Å².